The van der Waals surface area contributed by atoms with Crippen LogP contribution in [0.2, 0.25) is 0 Å². The minimum absolute atomic E-state index is 0.110. The quantitative estimate of drug-likeness (QED) is 0.604. The third-order valence-corrected chi connectivity index (χ3v) is 4.91. The molecule has 4 N–H and O–H groups in total. The number of fused-ring (bicyclic) bond motifs is 1. The smallest absolute Gasteiger partial charge is 0.233 e. The van der Waals surface area contributed by atoms with Crippen molar-refractivity contribution in [3.8, 4) is 0 Å². The minimum Gasteiger partial charge on any atom is -0.370 e. The highest BCUT2D eigenvalue weighted by atomic mass is 19.1. The van der Waals surface area contributed by atoms with E-state index in [4.69, 9.17) is 10.6 Å². The van der Waals surface area contributed by atoms with E-state index in [2.05, 4.69) is 25.9 Å². The van der Waals surface area contributed by atoms with Crippen molar-refractivity contribution in [1.29, 1.82) is 0 Å². The van der Waals surface area contributed by atoms with Gasteiger partial charge < -0.3 is 21.2 Å². The molecule has 2 aromatic carbocycles. The van der Waals surface area contributed by atoms with E-state index in [1.807, 2.05) is 24.3 Å². The monoisotopic (exact) mass is 393 g/mol. The lowest BCUT2D eigenvalue weighted by Gasteiger charge is -2.33. The summed E-state index contributed by atoms with van der Waals surface area (Å²) in [7, 11) is 0. The van der Waals surface area contributed by atoms with Gasteiger partial charge in [-0.25, -0.2) is 4.39 Å². The van der Waals surface area contributed by atoms with Gasteiger partial charge in [0.15, 0.2) is 5.96 Å². The van der Waals surface area contributed by atoms with E-state index in [0.717, 1.165) is 0 Å². The first-order valence-electron chi connectivity index (χ1n) is 8.96. The number of nitrogens with two attached hydrogens (primary N) is 1. The SMILES string of the molecule is NC1=NC2=C(CC(c3ccc(F)cc3)C(=O)N2)C(On2nnc3ccccc32)N1. The Morgan fingerprint density at radius 3 is 2.79 bits per heavy atom. The van der Waals surface area contributed by atoms with Gasteiger partial charge in [-0.3, -0.25) is 4.79 Å². The molecule has 2 unspecified atom stereocenters. The van der Waals surface area contributed by atoms with Gasteiger partial charge in [0.05, 0.1) is 5.92 Å². The number of halogens is 1. The van der Waals surface area contributed by atoms with Crippen LogP contribution < -0.4 is 21.2 Å². The Kier molecular flexibility index (Phi) is 3.90. The highest BCUT2D eigenvalue weighted by Crippen LogP contribution is 2.32. The van der Waals surface area contributed by atoms with Crippen LogP contribution in [-0.2, 0) is 4.79 Å². The van der Waals surface area contributed by atoms with Crippen LogP contribution in [0.3, 0.4) is 0 Å². The van der Waals surface area contributed by atoms with E-state index in [-0.39, 0.29) is 17.7 Å². The fourth-order valence-corrected chi connectivity index (χ4v) is 3.48. The van der Waals surface area contributed by atoms with Crippen LogP contribution in [0, 0.1) is 5.82 Å². The van der Waals surface area contributed by atoms with Gasteiger partial charge in [-0.2, -0.15) is 4.99 Å². The van der Waals surface area contributed by atoms with Crippen molar-refractivity contribution in [3.63, 3.8) is 0 Å². The molecular formula is C19H16FN7O2. The zero-order valence-corrected chi connectivity index (χ0v) is 15.0. The Balaban J connectivity index is 1.48. The second-order valence-electron chi connectivity index (χ2n) is 6.75. The van der Waals surface area contributed by atoms with Gasteiger partial charge in [-0.05, 0) is 41.5 Å². The molecule has 5 rings (SSSR count). The molecule has 0 saturated carbocycles. The van der Waals surface area contributed by atoms with Crippen LogP contribution in [0.5, 0.6) is 0 Å². The van der Waals surface area contributed by atoms with Crippen molar-refractivity contribution in [2.45, 2.75) is 18.6 Å². The topological polar surface area (TPSA) is 119 Å². The summed E-state index contributed by atoms with van der Waals surface area (Å²) in [5.41, 5.74) is 8.64. The summed E-state index contributed by atoms with van der Waals surface area (Å²) in [5.74, 6) is -0.651. The van der Waals surface area contributed by atoms with Crippen molar-refractivity contribution in [3.05, 3.63) is 71.3 Å². The minimum atomic E-state index is -0.712. The van der Waals surface area contributed by atoms with Gasteiger partial charge >= 0.3 is 0 Å². The maximum absolute atomic E-state index is 13.3. The lowest BCUT2D eigenvalue weighted by Crippen LogP contribution is -2.53. The Morgan fingerprint density at radius 2 is 1.97 bits per heavy atom. The van der Waals surface area contributed by atoms with Gasteiger partial charge in [0, 0.05) is 5.57 Å². The average molecular weight is 393 g/mol. The van der Waals surface area contributed by atoms with Crippen LogP contribution in [0.15, 0.2) is 64.9 Å². The van der Waals surface area contributed by atoms with Gasteiger partial charge in [0.2, 0.25) is 12.1 Å². The predicted molar refractivity (Wildman–Crippen MR) is 102 cm³/mol. The number of nitrogens with one attached hydrogen (secondary N) is 2. The van der Waals surface area contributed by atoms with Crippen molar-refractivity contribution >= 4 is 22.9 Å². The highest BCUT2D eigenvalue weighted by molar-refractivity contribution is 5.89. The molecule has 2 aliphatic rings. The van der Waals surface area contributed by atoms with Crippen LogP contribution in [0.1, 0.15) is 17.9 Å². The van der Waals surface area contributed by atoms with E-state index >= 15 is 0 Å². The molecule has 146 valence electrons. The number of nitrogens with zero attached hydrogens (tertiary/aromatic N) is 4. The molecule has 2 aliphatic heterocycles. The van der Waals surface area contributed by atoms with Gasteiger partial charge in [-0.1, -0.05) is 29.1 Å². The van der Waals surface area contributed by atoms with E-state index in [1.165, 1.54) is 17.0 Å². The second-order valence-corrected chi connectivity index (χ2v) is 6.75. The summed E-state index contributed by atoms with van der Waals surface area (Å²) in [6.45, 7) is 0. The fourth-order valence-electron chi connectivity index (χ4n) is 3.48. The second kappa shape index (κ2) is 6.59. The molecule has 10 heteroatoms. The number of aliphatic imine (C=N–C) groups is 1. The lowest BCUT2D eigenvalue weighted by atomic mass is 9.87. The van der Waals surface area contributed by atoms with Crippen molar-refractivity contribution < 1.29 is 14.0 Å². The van der Waals surface area contributed by atoms with E-state index in [9.17, 15) is 9.18 Å². The van der Waals surface area contributed by atoms with Crippen LogP contribution >= 0.6 is 0 Å². The third-order valence-electron chi connectivity index (χ3n) is 4.91. The summed E-state index contributed by atoms with van der Waals surface area (Å²) >= 11 is 0. The molecule has 0 spiro atoms. The Labute approximate surface area is 164 Å². The van der Waals surface area contributed by atoms with Crippen molar-refractivity contribution in [2.75, 3.05) is 0 Å². The molecule has 1 aromatic heterocycles. The lowest BCUT2D eigenvalue weighted by molar-refractivity contribution is -0.122. The number of amides is 1. The first kappa shape index (κ1) is 17.2. The molecule has 3 aromatic rings. The van der Waals surface area contributed by atoms with Gasteiger partial charge in [-0.15, -0.1) is 5.10 Å². The zero-order valence-electron chi connectivity index (χ0n) is 15.0. The summed E-state index contributed by atoms with van der Waals surface area (Å²) < 4.78 is 13.3. The normalized spacial score (nSPS) is 21.3. The molecular weight excluding hydrogens is 377 g/mol. The summed E-state index contributed by atoms with van der Waals surface area (Å²) in [5, 5.41) is 13.8. The molecule has 0 bridgehead atoms. The standard InChI is InChI=1S/C19H16FN7O2/c20-11-7-5-10(6-8-11)12-9-13-16(22-17(12)28)23-19(21)24-18(13)29-27-15-4-2-1-3-14(15)25-26-27/h1-8,12,18H,9H2,(H,22,28)(H3,21,23,24). The molecule has 2 atom stereocenters. The molecule has 29 heavy (non-hydrogen) atoms. The third kappa shape index (κ3) is 3.04. The Bertz CT molecular complexity index is 1170. The molecule has 0 aliphatic carbocycles. The van der Waals surface area contributed by atoms with Crippen LogP contribution in [-0.4, -0.2) is 33.3 Å². The molecule has 0 saturated heterocycles. The molecule has 3 heterocycles. The highest BCUT2D eigenvalue weighted by Gasteiger charge is 2.37. The molecule has 9 nitrogen and oxygen atoms in total. The number of carbonyl (C=O) groups excluding carboxylic acids is 1. The number of benzene rings is 2. The Hall–Kier alpha value is -3.95. The summed E-state index contributed by atoms with van der Waals surface area (Å²) in [6.07, 6.45) is -0.385. The number of hydrogen-bond donors (Lipinski definition) is 3. The number of hydrogen-bond acceptors (Lipinski definition) is 7. The number of para-hydroxylation sites is 1. The summed E-state index contributed by atoms with van der Waals surface area (Å²) in [6, 6.07) is 13.2. The predicted octanol–water partition coefficient (Wildman–Crippen LogP) is 0.758. The fraction of sp³-hybridized carbons (Fsp3) is 0.158. The van der Waals surface area contributed by atoms with E-state index in [1.54, 1.807) is 12.1 Å². The summed E-state index contributed by atoms with van der Waals surface area (Å²) in [4.78, 5) is 24.1. The van der Waals surface area contributed by atoms with Crippen molar-refractivity contribution in [1.82, 2.24) is 25.8 Å². The number of guanidine groups is 1. The molecule has 0 radical (unpaired) electrons. The van der Waals surface area contributed by atoms with Gasteiger partial charge in [0.25, 0.3) is 0 Å². The van der Waals surface area contributed by atoms with Crippen LogP contribution in [0.4, 0.5) is 4.39 Å². The zero-order chi connectivity index (χ0) is 20.0. The van der Waals surface area contributed by atoms with E-state index < -0.39 is 12.1 Å². The maximum Gasteiger partial charge on any atom is 0.233 e. The maximum atomic E-state index is 13.3. The van der Waals surface area contributed by atoms with E-state index in [0.29, 0.717) is 34.4 Å². The number of aromatic nitrogens is 3. The van der Waals surface area contributed by atoms with Gasteiger partial charge in [0.1, 0.15) is 22.7 Å². The first-order valence-corrected chi connectivity index (χ1v) is 8.96. The number of carbonyl (C=O) groups is 1. The average Bonchev–Trinajstić information content (AvgIpc) is 3.11. The van der Waals surface area contributed by atoms with Crippen molar-refractivity contribution in [2.24, 2.45) is 10.7 Å². The first-order chi connectivity index (χ1) is 14.1. The van der Waals surface area contributed by atoms with Crippen LogP contribution in [0.25, 0.3) is 11.0 Å². The Morgan fingerprint density at radius 1 is 1.17 bits per heavy atom. The molecule has 0 fully saturated rings. The number of rotatable bonds is 3. The molecule has 1 amide bonds. The largest absolute Gasteiger partial charge is 0.370 e.